The third-order valence-corrected chi connectivity index (χ3v) is 1.98. The van der Waals surface area contributed by atoms with Gasteiger partial charge in [-0.3, -0.25) is 4.99 Å². The smallest absolute Gasteiger partial charge is 0.0647 e. The summed E-state index contributed by atoms with van der Waals surface area (Å²) in [6, 6.07) is 0. The van der Waals surface area contributed by atoms with Crippen LogP contribution >= 0.6 is 11.8 Å². The van der Waals surface area contributed by atoms with E-state index in [9.17, 15) is 0 Å². The number of allylic oxidation sites excluding steroid dienone is 1. The predicted molar refractivity (Wildman–Crippen MR) is 48.7 cm³/mol. The van der Waals surface area contributed by atoms with Crippen molar-refractivity contribution in [3.63, 3.8) is 0 Å². The summed E-state index contributed by atoms with van der Waals surface area (Å²) in [5.41, 5.74) is 2.68. The normalized spacial score (nSPS) is 21.4. The molecule has 0 aromatic rings. The molecule has 0 amide bonds. The molecule has 0 aromatic carbocycles. The van der Waals surface area contributed by atoms with Gasteiger partial charge in [-0.2, -0.15) is 0 Å². The van der Waals surface area contributed by atoms with Crippen molar-refractivity contribution < 1.29 is 0 Å². The van der Waals surface area contributed by atoms with Gasteiger partial charge in [-0.25, -0.2) is 0 Å². The molecule has 10 heavy (non-hydrogen) atoms. The average molecular weight is 153 g/mol. The Hall–Kier alpha value is -0.500. The van der Waals surface area contributed by atoms with Crippen LogP contribution < -0.4 is 0 Å². The van der Waals surface area contributed by atoms with Gasteiger partial charge in [0.15, 0.2) is 0 Å². The molecule has 0 saturated heterocycles. The molecule has 0 N–H and O–H groups in total. The zero-order chi connectivity index (χ0) is 7.40. The molecule has 1 aliphatic rings. The Kier molecular flexibility index (Phi) is 2.75. The molecule has 1 rings (SSSR count). The molecule has 0 radical (unpaired) electrons. The number of hydrogen-bond donors (Lipinski definition) is 0. The second-order valence-electron chi connectivity index (χ2n) is 2.22. The summed E-state index contributed by atoms with van der Waals surface area (Å²) in [5.74, 6) is 0. The molecule has 1 nitrogen and oxygen atoms in total. The molecule has 0 bridgehead atoms. The van der Waals surface area contributed by atoms with E-state index in [4.69, 9.17) is 0 Å². The van der Waals surface area contributed by atoms with Crippen LogP contribution in [0.4, 0.5) is 0 Å². The van der Waals surface area contributed by atoms with E-state index in [1.165, 1.54) is 11.1 Å². The Morgan fingerprint density at radius 1 is 1.70 bits per heavy atom. The lowest BCUT2D eigenvalue weighted by molar-refractivity contribution is 1.14. The summed E-state index contributed by atoms with van der Waals surface area (Å²) in [6.07, 6.45) is 5.98. The highest BCUT2D eigenvalue weighted by atomic mass is 32.2. The fraction of sp³-hybridized carbons (Fsp3) is 0.375. The van der Waals surface area contributed by atoms with Crippen LogP contribution in [-0.4, -0.2) is 19.0 Å². The van der Waals surface area contributed by atoms with Crippen molar-refractivity contribution in [3.8, 4) is 0 Å². The van der Waals surface area contributed by atoms with Gasteiger partial charge in [-0.05, 0) is 35.8 Å². The third kappa shape index (κ3) is 1.74. The molecule has 2 heteroatoms. The zero-order valence-corrected chi connectivity index (χ0v) is 7.11. The van der Waals surface area contributed by atoms with Crippen LogP contribution in [0.1, 0.15) is 6.92 Å². The van der Waals surface area contributed by atoms with Crippen molar-refractivity contribution in [3.05, 3.63) is 22.6 Å². The van der Waals surface area contributed by atoms with E-state index in [-0.39, 0.29) is 0 Å². The largest absolute Gasteiger partial charge is 0.288 e. The second kappa shape index (κ2) is 3.62. The number of nitrogens with zero attached hydrogens (tertiary/aromatic N) is 1. The standard InChI is InChI=1S/C8H11NS/c1-7-3-4-9-5-8(7)6-10-2/h3-4,6H,5H2,1-2H3/b8-6+. The summed E-state index contributed by atoms with van der Waals surface area (Å²) in [4.78, 5) is 4.14. The average Bonchev–Trinajstić information content (AvgIpc) is 1.94. The zero-order valence-electron chi connectivity index (χ0n) is 6.29. The fourth-order valence-corrected chi connectivity index (χ4v) is 1.36. The van der Waals surface area contributed by atoms with Gasteiger partial charge in [0, 0.05) is 6.21 Å². The SMILES string of the molecule is CS/C=C1\CN=CC=C1C. The van der Waals surface area contributed by atoms with Crippen LogP contribution in [0.5, 0.6) is 0 Å². The first-order valence-electron chi connectivity index (χ1n) is 3.23. The molecule has 1 aliphatic heterocycles. The summed E-state index contributed by atoms with van der Waals surface area (Å²) in [5, 5.41) is 2.16. The molecule has 0 fully saturated rings. The van der Waals surface area contributed by atoms with Crippen LogP contribution in [0.25, 0.3) is 0 Å². The second-order valence-corrected chi connectivity index (χ2v) is 2.93. The minimum Gasteiger partial charge on any atom is -0.288 e. The van der Waals surface area contributed by atoms with Gasteiger partial charge in [0.05, 0.1) is 6.54 Å². The van der Waals surface area contributed by atoms with Crippen molar-refractivity contribution in [2.75, 3.05) is 12.8 Å². The quantitative estimate of drug-likeness (QED) is 0.563. The molecular formula is C8H11NS. The van der Waals surface area contributed by atoms with Crippen LogP contribution in [0, 0.1) is 0 Å². The van der Waals surface area contributed by atoms with Crippen molar-refractivity contribution in [2.45, 2.75) is 6.92 Å². The van der Waals surface area contributed by atoms with Crippen LogP contribution in [0.15, 0.2) is 27.6 Å². The molecular weight excluding hydrogens is 142 g/mol. The first-order valence-corrected chi connectivity index (χ1v) is 4.52. The number of rotatable bonds is 1. The van der Waals surface area contributed by atoms with Gasteiger partial charge >= 0.3 is 0 Å². The first kappa shape index (κ1) is 7.61. The third-order valence-electron chi connectivity index (χ3n) is 1.46. The lowest BCUT2D eigenvalue weighted by Crippen LogP contribution is -1.95. The molecule has 0 aliphatic carbocycles. The van der Waals surface area contributed by atoms with Crippen LogP contribution in [0.3, 0.4) is 0 Å². The lowest BCUT2D eigenvalue weighted by Gasteiger charge is -2.06. The highest BCUT2D eigenvalue weighted by Gasteiger charge is 2.00. The van der Waals surface area contributed by atoms with Crippen molar-refractivity contribution in [1.82, 2.24) is 0 Å². The van der Waals surface area contributed by atoms with E-state index in [1.54, 1.807) is 11.8 Å². The molecule has 0 unspecified atom stereocenters. The highest BCUT2D eigenvalue weighted by molar-refractivity contribution is 8.01. The highest BCUT2D eigenvalue weighted by Crippen LogP contribution is 2.15. The van der Waals surface area contributed by atoms with Crippen LogP contribution in [-0.2, 0) is 0 Å². The molecule has 0 spiro atoms. The van der Waals surface area contributed by atoms with Gasteiger partial charge in [0.25, 0.3) is 0 Å². The summed E-state index contributed by atoms with van der Waals surface area (Å²) in [6.45, 7) is 2.97. The number of hydrogen-bond acceptors (Lipinski definition) is 2. The first-order chi connectivity index (χ1) is 4.84. The van der Waals surface area contributed by atoms with E-state index in [2.05, 4.69) is 23.6 Å². The van der Waals surface area contributed by atoms with Gasteiger partial charge in [-0.15, -0.1) is 11.8 Å². The monoisotopic (exact) mass is 153 g/mol. The van der Waals surface area contributed by atoms with E-state index in [0.29, 0.717) is 0 Å². The molecule has 1 heterocycles. The Morgan fingerprint density at radius 2 is 2.50 bits per heavy atom. The number of thioether (sulfide) groups is 1. The number of dihydropyridines is 1. The molecule has 0 atom stereocenters. The lowest BCUT2D eigenvalue weighted by atomic mass is 10.1. The molecule has 0 aromatic heterocycles. The van der Waals surface area contributed by atoms with E-state index >= 15 is 0 Å². The topological polar surface area (TPSA) is 12.4 Å². The fourth-order valence-electron chi connectivity index (χ4n) is 0.820. The van der Waals surface area contributed by atoms with Gasteiger partial charge in [0.2, 0.25) is 0 Å². The van der Waals surface area contributed by atoms with Gasteiger partial charge < -0.3 is 0 Å². The Morgan fingerprint density at radius 3 is 3.10 bits per heavy atom. The minimum atomic E-state index is 0.850. The minimum absolute atomic E-state index is 0.850. The van der Waals surface area contributed by atoms with Crippen molar-refractivity contribution in [2.24, 2.45) is 4.99 Å². The predicted octanol–water partition coefficient (Wildman–Crippen LogP) is 2.26. The Bertz CT molecular complexity index is 201. The van der Waals surface area contributed by atoms with Gasteiger partial charge in [0.1, 0.15) is 0 Å². The van der Waals surface area contributed by atoms with E-state index in [1.807, 2.05) is 12.3 Å². The molecule has 54 valence electrons. The Balaban J connectivity index is 2.73. The maximum absolute atomic E-state index is 4.14. The van der Waals surface area contributed by atoms with E-state index in [0.717, 1.165) is 6.54 Å². The molecule has 0 saturated carbocycles. The maximum atomic E-state index is 4.14. The summed E-state index contributed by atoms with van der Waals surface area (Å²) in [7, 11) is 0. The summed E-state index contributed by atoms with van der Waals surface area (Å²) < 4.78 is 0. The number of aliphatic imine (C=N–C) groups is 1. The van der Waals surface area contributed by atoms with Crippen LogP contribution in [0.2, 0.25) is 0 Å². The van der Waals surface area contributed by atoms with Gasteiger partial charge in [-0.1, -0.05) is 0 Å². The Labute approximate surface area is 65.9 Å². The van der Waals surface area contributed by atoms with Crippen molar-refractivity contribution >= 4 is 18.0 Å². The summed E-state index contributed by atoms with van der Waals surface area (Å²) >= 11 is 1.74. The van der Waals surface area contributed by atoms with E-state index < -0.39 is 0 Å². The van der Waals surface area contributed by atoms with Crippen molar-refractivity contribution in [1.29, 1.82) is 0 Å². The maximum Gasteiger partial charge on any atom is 0.0647 e.